The van der Waals surface area contributed by atoms with E-state index in [4.69, 9.17) is 0 Å². The van der Waals surface area contributed by atoms with Crippen LogP contribution in [0.1, 0.15) is 42.5 Å². The topological polar surface area (TPSA) is 90.9 Å². The highest BCUT2D eigenvalue weighted by molar-refractivity contribution is 5.97. The molecule has 0 aliphatic heterocycles. The van der Waals surface area contributed by atoms with Crippen LogP contribution < -0.4 is 5.32 Å². The summed E-state index contributed by atoms with van der Waals surface area (Å²) in [5.74, 6) is -0.186. The van der Waals surface area contributed by atoms with Crippen molar-refractivity contribution < 1.29 is 9.90 Å². The van der Waals surface area contributed by atoms with Crippen molar-refractivity contribution in [3.8, 4) is 0 Å². The predicted molar refractivity (Wildman–Crippen MR) is 74.3 cm³/mol. The van der Waals surface area contributed by atoms with Crippen LogP contribution >= 0.6 is 0 Å². The lowest BCUT2D eigenvalue weighted by atomic mass is 9.85. The van der Waals surface area contributed by atoms with Gasteiger partial charge in [0.05, 0.1) is 5.60 Å². The molecular formula is C14H18N4O2. The van der Waals surface area contributed by atoms with Crippen molar-refractivity contribution in [2.45, 2.75) is 37.7 Å². The van der Waals surface area contributed by atoms with Crippen LogP contribution in [0, 0.1) is 0 Å². The Kier molecular flexibility index (Phi) is 3.40. The Balaban J connectivity index is 1.66. The minimum absolute atomic E-state index is 0.186. The van der Waals surface area contributed by atoms with Crippen LogP contribution in [0.2, 0.25) is 0 Å². The van der Waals surface area contributed by atoms with Gasteiger partial charge in [0.1, 0.15) is 11.0 Å². The van der Waals surface area contributed by atoms with Crippen molar-refractivity contribution in [1.82, 2.24) is 20.7 Å². The maximum Gasteiger partial charge on any atom is 0.251 e. The summed E-state index contributed by atoms with van der Waals surface area (Å²) >= 11 is 0. The number of hydrogen-bond acceptors (Lipinski definition) is 4. The summed E-state index contributed by atoms with van der Waals surface area (Å²) in [6.45, 7) is 0.308. The number of fused-ring (bicyclic) bond motifs is 1. The number of carbonyl (C=O) groups is 1. The van der Waals surface area contributed by atoms with Crippen molar-refractivity contribution in [2.24, 2.45) is 0 Å². The number of H-pyrrole nitrogens is 1. The molecule has 20 heavy (non-hydrogen) atoms. The minimum Gasteiger partial charge on any atom is -0.388 e. The van der Waals surface area contributed by atoms with Crippen LogP contribution in [0.3, 0.4) is 0 Å². The van der Waals surface area contributed by atoms with E-state index in [0.717, 1.165) is 31.2 Å². The summed E-state index contributed by atoms with van der Waals surface area (Å²) in [4.78, 5) is 12.1. The number of rotatable bonds is 3. The number of aliphatic hydroxyl groups is 1. The maximum atomic E-state index is 12.1. The molecule has 1 fully saturated rings. The minimum atomic E-state index is -0.744. The van der Waals surface area contributed by atoms with Gasteiger partial charge in [0.25, 0.3) is 5.91 Å². The second-order valence-corrected chi connectivity index (χ2v) is 5.49. The van der Waals surface area contributed by atoms with Gasteiger partial charge in [-0.3, -0.25) is 4.79 Å². The molecule has 0 radical (unpaired) electrons. The first-order valence-electron chi connectivity index (χ1n) is 6.97. The Bertz CT molecular complexity index is 616. The molecule has 0 saturated heterocycles. The van der Waals surface area contributed by atoms with E-state index in [9.17, 15) is 9.90 Å². The molecule has 0 unspecified atom stereocenters. The van der Waals surface area contributed by atoms with Crippen molar-refractivity contribution in [3.63, 3.8) is 0 Å². The average Bonchev–Trinajstić information content (AvgIpc) is 2.93. The summed E-state index contributed by atoms with van der Waals surface area (Å²) in [5, 5.41) is 23.6. The molecule has 1 saturated carbocycles. The Morgan fingerprint density at radius 2 is 2.00 bits per heavy atom. The van der Waals surface area contributed by atoms with E-state index in [-0.39, 0.29) is 5.91 Å². The van der Waals surface area contributed by atoms with Gasteiger partial charge in [-0.25, -0.2) is 0 Å². The molecule has 0 spiro atoms. The Labute approximate surface area is 116 Å². The zero-order valence-corrected chi connectivity index (χ0v) is 11.2. The highest BCUT2D eigenvalue weighted by atomic mass is 16.3. The van der Waals surface area contributed by atoms with Gasteiger partial charge < -0.3 is 10.4 Å². The van der Waals surface area contributed by atoms with E-state index in [2.05, 4.69) is 20.7 Å². The second kappa shape index (κ2) is 5.20. The third kappa shape index (κ3) is 2.65. The molecular weight excluding hydrogens is 256 g/mol. The molecule has 1 aromatic heterocycles. The third-order valence-electron chi connectivity index (χ3n) is 3.94. The molecule has 3 N–H and O–H groups in total. The maximum absolute atomic E-state index is 12.1. The molecule has 6 heteroatoms. The number of amides is 1. The van der Waals surface area contributed by atoms with Crippen LogP contribution in [-0.4, -0.2) is 38.6 Å². The van der Waals surface area contributed by atoms with Crippen LogP contribution in [0.4, 0.5) is 0 Å². The molecule has 1 amide bonds. The molecule has 6 nitrogen and oxygen atoms in total. The predicted octanol–water partition coefficient (Wildman–Crippen LogP) is 1.38. The number of hydrogen-bond donors (Lipinski definition) is 3. The molecule has 1 aliphatic rings. The van der Waals surface area contributed by atoms with Crippen LogP contribution in [0.15, 0.2) is 18.2 Å². The van der Waals surface area contributed by atoms with E-state index in [0.29, 0.717) is 17.6 Å². The van der Waals surface area contributed by atoms with Crippen molar-refractivity contribution in [1.29, 1.82) is 0 Å². The summed E-state index contributed by atoms with van der Waals surface area (Å²) in [7, 11) is 0. The average molecular weight is 274 g/mol. The normalized spacial score (nSPS) is 18.1. The van der Waals surface area contributed by atoms with Crippen LogP contribution in [0.5, 0.6) is 0 Å². The lowest BCUT2D eigenvalue weighted by Gasteiger charge is -2.32. The molecule has 1 aliphatic carbocycles. The van der Waals surface area contributed by atoms with Gasteiger partial charge in [-0.15, -0.1) is 0 Å². The molecule has 106 valence electrons. The fourth-order valence-corrected chi connectivity index (χ4v) is 2.72. The zero-order valence-electron chi connectivity index (χ0n) is 11.2. The smallest absolute Gasteiger partial charge is 0.251 e. The van der Waals surface area contributed by atoms with Crippen LogP contribution in [-0.2, 0) is 0 Å². The first kappa shape index (κ1) is 13.1. The summed E-state index contributed by atoms with van der Waals surface area (Å²) < 4.78 is 0. The highest BCUT2D eigenvalue weighted by Gasteiger charge is 2.29. The van der Waals surface area contributed by atoms with Gasteiger partial charge in [0.2, 0.25) is 0 Å². The van der Waals surface area contributed by atoms with Gasteiger partial charge in [-0.2, -0.15) is 15.4 Å². The van der Waals surface area contributed by atoms with Gasteiger partial charge in [0, 0.05) is 12.1 Å². The van der Waals surface area contributed by atoms with Gasteiger partial charge in [0.15, 0.2) is 0 Å². The molecule has 0 bridgehead atoms. The summed E-state index contributed by atoms with van der Waals surface area (Å²) in [6, 6.07) is 5.16. The highest BCUT2D eigenvalue weighted by Crippen LogP contribution is 2.27. The van der Waals surface area contributed by atoms with Crippen molar-refractivity contribution in [3.05, 3.63) is 23.8 Å². The first-order valence-corrected chi connectivity index (χ1v) is 6.97. The van der Waals surface area contributed by atoms with Gasteiger partial charge in [-0.05, 0) is 31.0 Å². The molecule has 3 rings (SSSR count). The van der Waals surface area contributed by atoms with E-state index in [1.54, 1.807) is 18.2 Å². The number of nitrogens with one attached hydrogen (secondary N) is 2. The number of benzene rings is 1. The quantitative estimate of drug-likeness (QED) is 0.788. The molecule has 1 aromatic carbocycles. The van der Waals surface area contributed by atoms with Gasteiger partial charge in [-0.1, -0.05) is 19.3 Å². The Morgan fingerprint density at radius 3 is 2.80 bits per heavy atom. The van der Waals surface area contributed by atoms with Crippen molar-refractivity contribution >= 4 is 16.9 Å². The number of carbonyl (C=O) groups excluding carboxylic acids is 1. The van der Waals surface area contributed by atoms with E-state index >= 15 is 0 Å². The monoisotopic (exact) mass is 274 g/mol. The second-order valence-electron chi connectivity index (χ2n) is 5.49. The van der Waals surface area contributed by atoms with Crippen LogP contribution in [0.25, 0.3) is 11.0 Å². The lowest BCUT2D eigenvalue weighted by molar-refractivity contribution is 0.00526. The third-order valence-corrected chi connectivity index (χ3v) is 3.94. The van der Waals surface area contributed by atoms with E-state index in [1.165, 1.54) is 6.42 Å². The van der Waals surface area contributed by atoms with Gasteiger partial charge >= 0.3 is 0 Å². The zero-order chi connectivity index (χ0) is 14.0. The fourth-order valence-electron chi connectivity index (χ4n) is 2.72. The van der Waals surface area contributed by atoms with E-state index < -0.39 is 5.60 Å². The van der Waals surface area contributed by atoms with Crippen molar-refractivity contribution in [2.75, 3.05) is 6.54 Å². The fraction of sp³-hybridized carbons (Fsp3) is 0.500. The van der Waals surface area contributed by atoms with E-state index in [1.807, 2.05) is 0 Å². The SMILES string of the molecule is O=C(NCC1(O)CCCCC1)c1ccc2n[nH]nc2c1. The Hall–Kier alpha value is -1.95. The number of aromatic nitrogens is 3. The summed E-state index contributed by atoms with van der Waals surface area (Å²) in [6.07, 6.45) is 4.73. The molecule has 1 heterocycles. The first-order chi connectivity index (χ1) is 9.66. The Morgan fingerprint density at radius 1 is 1.25 bits per heavy atom. The number of aromatic amines is 1. The standard InChI is InChI=1S/C14H18N4O2/c19-13(15-9-14(20)6-2-1-3-7-14)10-4-5-11-12(8-10)17-18-16-11/h4-5,8,20H,1-3,6-7,9H2,(H,15,19)(H,16,17,18). The number of nitrogens with zero attached hydrogens (tertiary/aromatic N) is 2. The molecule has 0 atom stereocenters. The lowest BCUT2D eigenvalue weighted by Crippen LogP contribution is -2.44. The largest absolute Gasteiger partial charge is 0.388 e. The molecule has 2 aromatic rings. The summed E-state index contributed by atoms with van der Waals surface area (Å²) in [5.41, 5.74) is 1.18.